The maximum absolute atomic E-state index is 13.5. The van der Waals surface area contributed by atoms with Crippen LogP contribution in [0.3, 0.4) is 0 Å². The van der Waals surface area contributed by atoms with Gasteiger partial charge in [-0.3, -0.25) is 9.59 Å². The number of hydrogen-bond donors (Lipinski definition) is 0. The van der Waals surface area contributed by atoms with Gasteiger partial charge >= 0.3 is 12.4 Å². The van der Waals surface area contributed by atoms with Crippen molar-refractivity contribution in [1.82, 2.24) is 9.97 Å². The molecule has 5 atom stereocenters. The van der Waals surface area contributed by atoms with Crippen molar-refractivity contribution in [2.45, 2.75) is 43.8 Å². The highest BCUT2D eigenvalue weighted by atomic mass is 19.4. The van der Waals surface area contributed by atoms with Crippen LogP contribution >= 0.6 is 0 Å². The lowest BCUT2D eigenvalue weighted by molar-refractivity contribution is -0.141. The summed E-state index contributed by atoms with van der Waals surface area (Å²) in [5.41, 5.74) is -5.91. The van der Waals surface area contributed by atoms with Crippen LogP contribution in [0.1, 0.15) is 37.1 Å². The molecule has 2 unspecified atom stereocenters. The quantitative estimate of drug-likeness (QED) is 0.424. The van der Waals surface area contributed by atoms with Gasteiger partial charge in [0.1, 0.15) is 6.33 Å². The average molecular weight is 540 g/mol. The lowest BCUT2D eigenvalue weighted by Crippen LogP contribution is -2.48. The van der Waals surface area contributed by atoms with Gasteiger partial charge in [-0.1, -0.05) is 0 Å². The maximum Gasteiger partial charge on any atom is 0.433 e. The number of alkyl halides is 6. The van der Waals surface area contributed by atoms with Gasteiger partial charge < -0.3 is 9.47 Å². The third kappa shape index (κ3) is 3.79. The molecule has 2 amide bonds. The molecule has 5 rings (SSSR count). The minimum absolute atomic E-state index is 0.194. The van der Waals surface area contributed by atoms with Crippen molar-refractivity contribution in [3.05, 3.63) is 47.4 Å². The monoisotopic (exact) mass is 540 g/mol. The second-order valence-corrected chi connectivity index (χ2v) is 9.86. The topological polar surface area (TPSA) is 105 Å². The molecular formula is C24H18F6N4O4. The Labute approximate surface area is 211 Å². The number of halogens is 6. The number of hydrogen-bond acceptors (Lipinski definition) is 7. The molecule has 200 valence electrons. The Kier molecular flexibility index (Phi) is 5.54. The number of aromatic nitrogens is 2. The van der Waals surface area contributed by atoms with E-state index in [0.29, 0.717) is 23.4 Å². The van der Waals surface area contributed by atoms with Crippen LogP contribution < -0.4 is 9.64 Å². The molecule has 0 saturated carbocycles. The summed E-state index contributed by atoms with van der Waals surface area (Å²) in [6, 6.07) is 4.68. The molecule has 14 heteroatoms. The third-order valence-electron chi connectivity index (χ3n) is 7.55. The molecule has 0 aliphatic carbocycles. The van der Waals surface area contributed by atoms with Gasteiger partial charge in [-0.2, -0.15) is 31.6 Å². The van der Waals surface area contributed by atoms with Crippen LogP contribution in [0, 0.1) is 29.1 Å². The third-order valence-corrected chi connectivity index (χ3v) is 7.55. The van der Waals surface area contributed by atoms with E-state index in [-0.39, 0.29) is 24.6 Å². The molecule has 1 aromatic heterocycles. The van der Waals surface area contributed by atoms with E-state index in [1.54, 1.807) is 13.8 Å². The first kappa shape index (κ1) is 25.9. The Morgan fingerprint density at radius 1 is 1.08 bits per heavy atom. The van der Waals surface area contributed by atoms with Crippen LogP contribution in [0.25, 0.3) is 0 Å². The fourth-order valence-corrected chi connectivity index (χ4v) is 5.93. The maximum atomic E-state index is 13.5. The number of nitrogens with zero attached hydrogens (tertiary/aromatic N) is 4. The predicted molar refractivity (Wildman–Crippen MR) is 114 cm³/mol. The normalized spacial score (nSPS) is 30.5. The smallest absolute Gasteiger partial charge is 0.433 e. The standard InChI is InChI=1S/C24H18F6N4O4/c1-21-7-12(9-37-16-6-15(24(28,29)30)32-10-33-16)22(2,38-21)18-17(21)19(35)34(20(18)36)13-4-3-11(8-31)14(5-13)23(25,26)27/h3-6,10,12,17-18H,7,9H2,1-2H3/t12-,17+,18-,21?,22?/m0/s1. The largest absolute Gasteiger partial charge is 0.477 e. The van der Waals surface area contributed by atoms with Crippen molar-refractivity contribution >= 4 is 17.5 Å². The van der Waals surface area contributed by atoms with Crippen molar-refractivity contribution < 1.29 is 45.4 Å². The number of benzene rings is 1. The van der Waals surface area contributed by atoms with Crippen LogP contribution in [0.2, 0.25) is 0 Å². The van der Waals surface area contributed by atoms with Crippen LogP contribution in [-0.2, 0) is 26.7 Å². The summed E-state index contributed by atoms with van der Waals surface area (Å²) in [5.74, 6) is -4.45. The lowest BCUT2D eigenvalue weighted by Gasteiger charge is -2.35. The van der Waals surface area contributed by atoms with Crippen molar-refractivity contribution in [3.63, 3.8) is 0 Å². The zero-order chi connectivity index (χ0) is 27.8. The summed E-state index contributed by atoms with van der Waals surface area (Å²) in [5, 5.41) is 9.05. The van der Waals surface area contributed by atoms with Crippen LogP contribution in [-0.4, -0.2) is 39.6 Å². The highest BCUT2D eigenvalue weighted by Crippen LogP contribution is 2.63. The summed E-state index contributed by atoms with van der Waals surface area (Å²) in [4.78, 5) is 34.5. The van der Waals surface area contributed by atoms with Crippen molar-refractivity contribution in [2.75, 3.05) is 11.5 Å². The Bertz CT molecular complexity index is 1390. The van der Waals surface area contributed by atoms with Gasteiger partial charge in [0.05, 0.1) is 52.5 Å². The molecule has 1 aromatic carbocycles. The number of ether oxygens (including phenoxy) is 2. The minimum Gasteiger partial charge on any atom is -0.477 e. The second kappa shape index (κ2) is 8.13. The van der Waals surface area contributed by atoms with Gasteiger partial charge in [-0.25, -0.2) is 14.9 Å². The molecule has 2 bridgehead atoms. The molecule has 3 aliphatic rings. The van der Waals surface area contributed by atoms with Crippen molar-refractivity contribution in [1.29, 1.82) is 5.26 Å². The molecule has 0 spiro atoms. The molecule has 38 heavy (non-hydrogen) atoms. The van der Waals surface area contributed by atoms with E-state index >= 15 is 0 Å². The number of rotatable bonds is 4. The van der Waals surface area contributed by atoms with Gasteiger partial charge in [-0.05, 0) is 38.5 Å². The van der Waals surface area contributed by atoms with Crippen LogP contribution in [0.5, 0.6) is 5.88 Å². The fourth-order valence-electron chi connectivity index (χ4n) is 5.93. The number of carbonyl (C=O) groups is 2. The molecule has 2 aromatic rings. The number of nitriles is 1. The van der Waals surface area contributed by atoms with Crippen LogP contribution in [0.4, 0.5) is 32.0 Å². The van der Waals surface area contributed by atoms with E-state index in [2.05, 4.69) is 9.97 Å². The highest BCUT2D eigenvalue weighted by molar-refractivity contribution is 6.23. The predicted octanol–water partition coefficient (Wildman–Crippen LogP) is 4.14. The number of fused-ring (bicyclic) bond motifs is 5. The van der Waals surface area contributed by atoms with Crippen molar-refractivity contribution in [2.24, 2.45) is 17.8 Å². The number of imide groups is 1. The summed E-state index contributed by atoms with van der Waals surface area (Å²) < 4.78 is 91.0. The van der Waals surface area contributed by atoms with E-state index in [9.17, 15) is 35.9 Å². The van der Waals surface area contributed by atoms with E-state index in [0.717, 1.165) is 12.1 Å². The van der Waals surface area contributed by atoms with E-state index in [1.165, 1.54) is 6.07 Å². The lowest BCUT2D eigenvalue weighted by atomic mass is 9.64. The van der Waals surface area contributed by atoms with Gasteiger partial charge in [0, 0.05) is 12.0 Å². The van der Waals surface area contributed by atoms with Gasteiger partial charge in [-0.15, -0.1) is 0 Å². The zero-order valence-electron chi connectivity index (χ0n) is 19.7. The van der Waals surface area contributed by atoms with E-state index in [1.807, 2.05) is 0 Å². The van der Waals surface area contributed by atoms with Gasteiger partial charge in [0.15, 0.2) is 5.69 Å². The fraction of sp³-hybridized carbons (Fsp3) is 0.458. The Balaban J connectivity index is 1.43. The first-order chi connectivity index (χ1) is 17.6. The summed E-state index contributed by atoms with van der Waals surface area (Å²) in [6.45, 7) is 2.99. The Morgan fingerprint density at radius 3 is 2.39 bits per heavy atom. The van der Waals surface area contributed by atoms with E-state index < -0.39 is 69.9 Å². The molecule has 0 radical (unpaired) electrons. The first-order valence-corrected chi connectivity index (χ1v) is 11.3. The number of carbonyl (C=O) groups excluding carboxylic acids is 2. The molecular weight excluding hydrogens is 522 g/mol. The van der Waals surface area contributed by atoms with Crippen molar-refractivity contribution in [3.8, 4) is 11.9 Å². The molecule has 4 heterocycles. The molecule has 8 nitrogen and oxygen atoms in total. The minimum atomic E-state index is -4.89. The first-order valence-electron chi connectivity index (χ1n) is 11.3. The van der Waals surface area contributed by atoms with Gasteiger partial charge in [0.2, 0.25) is 17.7 Å². The molecule has 3 fully saturated rings. The highest BCUT2D eigenvalue weighted by Gasteiger charge is 2.75. The average Bonchev–Trinajstić information content (AvgIpc) is 3.36. The van der Waals surface area contributed by atoms with Gasteiger partial charge in [0.25, 0.3) is 0 Å². The second-order valence-electron chi connectivity index (χ2n) is 9.86. The molecule has 3 aliphatic heterocycles. The number of anilines is 1. The summed E-state index contributed by atoms with van der Waals surface area (Å²) in [6.07, 6.45) is -8.69. The summed E-state index contributed by atoms with van der Waals surface area (Å²) >= 11 is 0. The molecule has 3 saturated heterocycles. The van der Waals surface area contributed by atoms with E-state index in [4.69, 9.17) is 14.7 Å². The SMILES string of the molecule is CC12C[C@@H](COc3cc(C(F)(F)F)ncn3)C(C)(O1)[C@@H]1C(=O)N(c3ccc(C#N)c(C(F)(F)F)c3)C(=O)[C@@H]12. The molecule has 0 N–H and O–H groups in total. The zero-order valence-corrected chi connectivity index (χ0v) is 19.7. The Morgan fingerprint density at radius 2 is 1.76 bits per heavy atom. The summed E-state index contributed by atoms with van der Waals surface area (Å²) in [7, 11) is 0. The number of amides is 2. The Hall–Kier alpha value is -3.73. The van der Waals surface area contributed by atoms with Crippen LogP contribution in [0.15, 0.2) is 30.6 Å².